The second kappa shape index (κ2) is 9.90. The van der Waals surface area contributed by atoms with Crippen LogP contribution in [0, 0.1) is 25.2 Å². The van der Waals surface area contributed by atoms with Crippen LogP contribution in [0.4, 0.5) is 0 Å². The smallest absolute Gasteiger partial charge is 0.230 e. The summed E-state index contributed by atoms with van der Waals surface area (Å²) in [5, 5.41) is 12.9. The summed E-state index contributed by atoms with van der Waals surface area (Å²) in [6.45, 7) is 4.69. The summed E-state index contributed by atoms with van der Waals surface area (Å²) < 4.78 is 0. The lowest BCUT2D eigenvalue weighted by atomic mass is 10.0. The number of benzene rings is 2. The molecule has 4 nitrogen and oxygen atoms in total. The number of carbonyl (C=O) groups excluding carboxylic acids is 1. The van der Waals surface area contributed by atoms with Crippen LogP contribution >= 0.6 is 11.8 Å². The van der Waals surface area contributed by atoms with Gasteiger partial charge in [0.15, 0.2) is 0 Å². The Morgan fingerprint density at radius 2 is 1.90 bits per heavy atom. The van der Waals surface area contributed by atoms with Gasteiger partial charge in [0.05, 0.1) is 17.0 Å². The zero-order valence-corrected chi connectivity index (χ0v) is 17.4. The summed E-state index contributed by atoms with van der Waals surface area (Å²) in [5.74, 6) is 0.167. The summed E-state index contributed by atoms with van der Waals surface area (Å²) in [7, 11) is 0. The number of nitriles is 1. The van der Waals surface area contributed by atoms with E-state index in [2.05, 4.69) is 42.4 Å². The third kappa shape index (κ3) is 5.69. The standard InChI is InChI=1S/C24H23N3OS/c1-17-8-10-21(18(2)14-17)22-11-9-20(15-25)24(27-22)29-16-23(28)26-13-12-19-6-4-3-5-7-19/h3-11,14H,12-13,16H2,1-2H3,(H,26,28). The van der Waals surface area contributed by atoms with Gasteiger partial charge in [-0.2, -0.15) is 5.26 Å². The van der Waals surface area contributed by atoms with Crippen LogP contribution in [0.1, 0.15) is 22.3 Å². The predicted octanol–water partition coefficient (Wildman–Crippen LogP) is 4.69. The van der Waals surface area contributed by atoms with Crippen LogP contribution in [0.2, 0.25) is 0 Å². The number of aromatic nitrogens is 1. The zero-order chi connectivity index (χ0) is 20.6. The molecule has 1 amide bonds. The lowest BCUT2D eigenvalue weighted by Crippen LogP contribution is -2.27. The van der Waals surface area contributed by atoms with Gasteiger partial charge >= 0.3 is 0 Å². The number of rotatable bonds is 7. The van der Waals surface area contributed by atoms with Crippen molar-refractivity contribution in [2.75, 3.05) is 12.3 Å². The molecule has 146 valence electrons. The average Bonchev–Trinajstić information content (AvgIpc) is 2.73. The Bertz CT molecular complexity index is 1040. The molecule has 0 fully saturated rings. The molecule has 0 atom stereocenters. The number of hydrogen-bond donors (Lipinski definition) is 1. The Labute approximate surface area is 176 Å². The quantitative estimate of drug-likeness (QED) is 0.584. The van der Waals surface area contributed by atoms with Gasteiger partial charge in [-0.1, -0.05) is 65.9 Å². The molecule has 1 aromatic heterocycles. The molecule has 0 saturated heterocycles. The number of nitrogens with zero attached hydrogens (tertiary/aromatic N) is 2. The zero-order valence-electron chi connectivity index (χ0n) is 16.6. The molecule has 0 aliphatic carbocycles. The minimum atomic E-state index is -0.0615. The van der Waals surface area contributed by atoms with Crippen molar-refractivity contribution in [2.45, 2.75) is 25.3 Å². The van der Waals surface area contributed by atoms with E-state index < -0.39 is 0 Å². The van der Waals surface area contributed by atoms with Gasteiger partial charge in [0.2, 0.25) is 5.91 Å². The highest BCUT2D eigenvalue weighted by Crippen LogP contribution is 2.27. The number of aryl methyl sites for hydroxylation is 2. The molecule has 1 N–H and O–H groups in total. The van der Waals surface area contributed by atoms with Crippen molar-refractivity contribution in [2.24, 2.45) is 0 Å². The van der Waals surface area contributed by atoms with Gasteiger partial charge in [-0.05, 0) is 43.5 Å². The van der Waals surface area contributed by atoms with E-state index in [1.165, 1.54) is 22.9 Å². The molecule has 0 spiro atoms. The first-order valence-corrected chi connectivity index (χ1v) is 10.5. The topological polar surface area (TPSA) is 65.8 Å². The third-order valence-corrected chi connectivity index (χ3v) is 5.55. The highest BCUT2D eigenvalue weighted by atomic mass is 32.2. The van der Waals surface area contributed by atoms with Crippen molar-refractivity contribution >= 4 is 17.7 Å². The number of amides is 1. The maximum absolute atomic E-state index is 12.2. The van der Waals surface area contributed by atoms with Crippen molar-refractivity contribution in [3.05, 3.63) is 82.9 Å². The number of carbonyl (C=O) groups is 1. The fraction of sp³-hybridized carbons (Fsp3) is 0.208. The molecule has 0 aliphatic heterocycles. The van der Waals surface area contributed by atoms with E-state index in [0.29, 0.717) is 17.1 Å². The molecule has 0 aliphatic rings. The summed E-state index contributed by atoms with van der Waals surface area (Å²) in [5.41, 5.74) is 5.86. The molecule has 0 saturated carbocycles. The average molecular weight is 402 g/mol. The Morgan fingerprint density at radius 1 is 1.10 bits per heavy atom. The summed E-state index contributed by atoms with van der Waals surface area (Å²) >= 11 is 1.30. The van der Waals surface area contributed by atoms with E-state index in [-0.39, 0.29) is 11.7 Å². The highest BCUT2D eigenvalue weighted by Gasteiger charge is 2.12. The first kappa shape index (κ1) is 20.6. The molecule has 0 unspecified atom stereocenters. The van der Waals surface area contributed by atoms with E-state index in [1.54, 1.807) is 6.07 Å². The molecular weight excluding hydrogens is 378 g/mol. The molecule has 0 radical (unpaired) electrons. The molecule has 1 heterocycles. The molecule has 3 aromatic rings. The van der Waals surface area contributed by atoms with E-state index >= 15 is 0 Å². The van der Waals surface area contributed by atoms with E-state index in [4.69, 9.17) is 0 Å². The fourth-order valence-corrected chi connectivity index (χ4v) is 3.86. The second-order valence-corrected chi connectivity index (χ2v) is 7.82. The first-order valence-electron chi connectivity index (χ1n) is 9.49. The van der Waals surface area contributed by atoms with E-state index in [0.717, 1.165) is 23.2 Å². The number of hydrogen-bond acceptors (Lipinski definition) is 4. The summed E-state index contributed by atoms with van der Waals surface area (Å²) in [4.78, 5) is 16.9. The Hall–Kier alpha value is -3.10. The molecule has 3 rings (SSSR count). The largest absolute Gasteiger partial charge is 0.355 e. The Morgan fingerprint density at radius 3 is 2.62 bits per heavy atom. The van der Waals surface area contributed by atoms with Crippen LogP contribution in [0.3, 0.4) is 0 Å². The van der Waals surface area contributed by atoms with E-state index in [9.17, 15) is 10.1 Å². The van der Waals surface area contributed by atoms with Gasteiger partial charge < -0.3 is 5.32 Å². The molecule has 5 heteroatoms. The van der Waals surface area contributed by atoms with Crippen LogP contribution in [-0.4, -0.2) is 23.2 Å². The monoisotopic (exact) mass is 401 g/mol. The number of pyridine rings is 1. The molecular formula is C24H23N3OS. The Balaban J connectivity index is 1.63. The summed E-state index contributed by atoms with van der Waals surface area (Å²) in [6, 6.07) is 22.1. The maximum Gasteiger partial charge on any atom is 0.230 e. The SMILES string of the molecule is Cc1ccc(-c2ccc(C#N)c(SCC(=O)NCCc3ccccc3)n2)c(C)c1. The van der Waals surface area contributed by atoms with Gasteiger partial charge in [0.25, 0.3) is 0 Å². The van der Waals surface area contributed by atoms with Gasteiger partial charge in [-0.25, -0.2) is 4.98 Å². The third-order valence-electron chi connectivity index (χ3n) is 4.56. The minimum Gasteiger partial charge on any atom is -0.355 e. The van der Waals surface area contributed by atoms with E-state index in [1.807, 2.05) is 42.5 Å². The molecule has 0 bridgehead atoms. The fourth-order valence-electron chi connectivity index (χ4n) is 3.06. The van der Waals surface area contributed by atoms with Crippen LogP contribution in [0.5, 0.6) is 0 Å². The van der Waals surface area contributed by atoms with Gasteiger partial charge in [-0.3, -0.25) is 4.79 Å². The normalized spacial score (nSPS) is 10.4. The minimum absolute atomic E-state index is 0.0615. The maximum atomic E-state index is 12.2. The lowest BCUT2D eigenvalue weighted by Gasteiger charge is -2.10. The number of nitrogens with one attached hydrogen (secondary N) is 1. The van der Waals surface area contributed by atoms with Gasteiger partial charge in [-0.15, -0.1) is 0 Å². The van der Waals surface area contributed by atoms with Crippen LogP contribution in [-0.2, 0) is 11.2 Å². The van der Waals surface area contributed by atoms with Crippen molar-refractivity contribution in [3.8, 4) is 17.3 Å². The van der Waals surface area contributed by atoms with Crippen LogP contribution in [0.15, 0.2) is 65.7 Å². The molecule has 2 aromatic carbocycles. The van der Waals surface area contributed by atoms with Crippen molar-refractivity contribution in [3.63, 3.8) is 0 Å². The van der Waals surface area contributed by atoms with Crippen molar-refractivity contribution < 1.29 is 4.79 Å². The first-order chi connectivity index (χ1) is 14.1. The van der Waals surface area contributed by atoms with Crippen LogP contribution < -0.4 is 5.32 Å². The molecule has 29 heavy (non-hydrogen) atoms. The van der Waals surface area contributed by atoms with Crippen molar-refractivity contribution in [1.29, 1.82) is 5.26 Å². The van der Waals surface area contributed by atoms with Crippen LogP contribution in [0.25, 0.3) is 11.3 Å². The predicted molar refractivity (Wildman–Crippen MR) is 118 cm³/mol. The number of thioether (sulfide) groups is 1. The summed E-state index contributed by atoms with van der Waals surface area (Å²) in [6.07, 6.45) is 0.793. The van der Waals surface area contributed by atoms with Gasteiger partial charge in [0.1, 0.15) is 11.1 Å². The van der Waals surface area contributed by atoms with Crippen molar-refractivity contribution in [1.82, 2.24) is 10.3 Å². The second-order valence-electron chi connectivity index (χ2n) is 6.85. The van der Waals surface area contributed by atoms with Gasteiger partial charge in [0, 0.05) is 12.1 Å². The Kier molecular flexibility index (Phi) is 7.04. The lowest BCUT2D eigenvalue weighted by molar-refractivity contribution is -0.118. The highest BCUT2D eigenvalue weighted by molar-refractivity contribution is 8.00.